The lowest BCUT2D eigenvalue weighted by Crippen LogP contribution is -2.37. The largest absolute Gasteiger partial charge is 0.480 e. The maximum absolute atomic E-state index is 12.0. The Bertz CT molecular complexity index is 600. The molecule has 1 aromatic heterocycles. The van der Waals surface area contributed by atoms with E-state index in [2.05, 4.69) is 36.4 Å². The molecule has 0 bridgehead atoms. The highest BCUT2D eigenvalue weighted by Crippen LogP contribution is 2.31. The van der Waals surface area contributed by atoms with Gasteiger partial charge in [0, 0.05) is 10.9 Å². The number of fused-ring (bicyclic) bond motifs is 1. The zero-order chi connectivity index (χ0) is 13.2. The molecule has 1 unspecified atom stereocenters. The molecule has 6 nitrogen and oxygen atoms in total. The van der Waals surface area contributed by atoms with Gasteiger partial charge in [-0.25, -0.2) is 4.98 Å². The molecule has 1 amide bonds. The van der Waals surface area contributed by atoms with E-state index in [1.54, 1.807) is 0 Å². The summed E-state index contributed by atoms with van der Waals surface area (Å²) >= 11 is 3.40. The minimum Gasteiger partial charge on any atom is -0.480 e. The number of carbonyl (C=O) groups excluding carboxylic acids is 1. The second kappa shape index (κ2) is 5.00. The van der Waals surface area contributed by atoms with Gasteiger partial charge in [0.2, 0.25) is 0 Å². The predicted octanol–water partition coefficient (Wildman–Crippen LogP) is 1.19. The Morgan fingerprint density at radius 3 is 3.26 bits per heavy atom. The molecule has 1 aliphatic rings. The Hall–Kier alpha value is -1.89. The number of amides is 1. The first-order valence-corrected chi connectivity index (χ1v) is 6.59. The summed E-state index contributed by atoms with van der Waals surface area (Å²) in [4.78, 5) is 15.9. The fraction of sp³-hybridized carbons (Fsp3) is 0.250. The molecule has 3 rings (SSSR count). The summed E-state index contributed by atoms with van der Waals surface area (Å²) in [5.41, 5.74) is 1.04. The van der Waals surface area contributed by atoms with Crippen LogP contribution in [0.3, 0.4) is 0 Å². The molecule has 0 saturated heterocycles. The molecule has 7 heteroatoms. The molecule has 1 atom stereocenters. The van der Waals surface area contributed by atoms with Crippen molar-refractivity contribution in [1.29, 1.82) is 0 Å². The van der Waals surface area contributed by atoms with E-state index in [0.29, 0.717) is 18.8 Å². The Labute approximate surface area is 117 Å². The number of rotatable bonds is 3. The predicted molar refractivity (Wildman–Crippen MR) is 70.5 cm³/mol. The van der Waals surface area contributed by atoms with E-state index in [0.717, 1.165) is 15.8 Å². The molecule has 2 aromatic rings. The zero-order valence-corrected chi connectivity index (χ0v) is 11.5. The number of nitrogens with one attached hydrogen (secondary N) is 2. The molecule has 2 N–H and O–H groups in total. The molecule has 19 heavy (non-hydrogen) atoms. The lowest BCUT2D eigenvalue weighted by molar-refractivity contribution is -0.127. The number of aromatic amines is 1. The molecule has 0 saturated carbocycles. The van der Waals surface area contributed by atoms with Gasteiger partial charge in [-0.3, -0.25) is 9.89 Å². The van der Waals surface area contributed by atoms with Crippen molar-refractivity contribution in [2.75, 3.05) is 0 Å². The second-order valence-corrected chi connectivity index (χ2v) is 5.13. The van der Waals surface area contributed by atoms with Crippen LogP contribution in [-0.2, 0) is 17.8 Å². The number of H-pyrrole nitrogens is 1. The van der Waals surface area contributed by atoms with E-state index in [-0.39, 0.29) is 5.91 Å². The number of hydrogen-bond donors (Lipinski definition) is 2. The van der Waals surface area contributed by atoms with Crippen molar-refractivity contribution < 1.29 is 9.53 Å². The van der Waals surface area contributed by atoms with Crippen LogP contribution in [0.5, 0.6) is 5.75 Å². The van der Waals surface area contributed by atoms with Gasteiger partial charge in [0.1, 0.15) is 17.9 Å². The summed E-state index contributed by atoms with van der Waals surface area (Å²) in [6, 6.07) is 5.73. The minimum absolute atomic E-state index is 0.149. The van der Waals surface area contributed by atoms with E-state index in [4.69, 9.17) is 4.74 Å². The van der Waals surface area contributed by atoms with E-state index in [9.17, 15) is 4.79 Å². The monoisotopic (exact) mass is 322 g/mol. The second-order valence-electron chi connectivity index (χ2n) is 4.21. The first-order valence-electron chi connectivity index (χ1n) is 5.79. The molecule has 0 spiro atoms. The standard InChI is InChI=1S/C12H11BrN4O2/c13-8-1-2-9-7(3-8)4-10(19-9)12(18)14-5-11-15-6-16-17-11/h1-3,6,10H,4-5H2,(H,14,18)(H,15,16,17). The molecule has 98 valence electrons. The maximum Gasteiger partial charge on any atom is 0.261 e. The highest BCUT2D eigenvalue weighted by molar-refractivity contribution is 9.10. The number of carbonyl (C=O) groups is 1. The maximum atomic E-state index is 12.0. The van der Waals surface area contributed by atoms with Crippen LogP contribution < -0.4 is 10.1 Å². The van der Waals surface area contributed by atoms with Gasteiger partial charge in [-0.2, -0.15) is 5.10 Å². The van der Waals surface area contributed by atoms with Crippen LogP contribution in [0.4, 0.5) is 0 Å². The van der Waals surface area contributed by atoms with Crippen LogP contribution in [0.2, 0.25) is 0 Å². The van der Waals surface area contributed by atoms with Gasteiger partial charge in [0.15, 0.2) is 6.10 Å². The molecule has 1 aliphatic heterocycles. The van der Waals surface area contributed by atoms with E-state index in [1.807, 2.05) is 18.2 Å². The summed E-state index contributed by atoms with van der Waals surface area (Å²) in [6.45, 7) is 0.318. The Balaban J connectivity index is 1.61. The quantitative estimate of drug-likeness (QED) is 0.889. The summed E-state index contributed by atoms with van der Waals surface area (Å²) < 4.78 is 6.60. The van der Waals surface area contributed by atoms with Gasteiger partial charge in [-0.1, -0.05) is 15.9 Å². The molecule has 0 radical (unpaired) electrons. The van der Waals surface area contributed by atoms with Crippen molar-refractivity contribution >= 4 is 21.8 Å². The van der Waals surface area contributed by atoms with Gasteiger partial charge in [-0.05, 0) is 23.8 Å². The molecular formula is C12H11BrN4O2. The van der Waals surface area contributed by atoms with Gasteiger partial charge in [0.25, 0.3) is 5.91 Å². The lowest BCUT2D eigenvalue weighted by Gasteiger charge is -2.10. The molecule has 2 heterocycles. The zero-order valence-electron chi connectivity index (χ0n) is 9.89. The first kappa shape index (κ1) is 12.2. The Kier molecular flexibility index (Phi) is 3.20. The van der Waals surface area contributed by atoms with Crippen LogP contribution >= 0.6 is 15.9 Å². The lowest BCUT2D eigenvalue weighted by atomic mass is 10.1. The number of halogens is 1. The third kappa shape index (κ3) is 2.60. The summed E-state index contributed by atoms with van der Waals surface area (Å²) in [5.74, 6) is 1.23. The van der Waals surface area contributed by atoms with Gasteiger partial charge < -0.3 is 10.1 Å². The van der Waals surface area contributed by atoms with E-state index < -0.39 is 6.10 Å². The van der Waals surface area contributed by atoms with Crippen molar-refractivity contribution in [2.45, 2.75) is 19.1 Å². The molecule has 0 fully saturated rings. The SMILES string of the molecule is O=C(NCc1ncn[nH]1)C1Cc2cc(Br)ccc2O1. The normalized spacial score (nSPS) is 16.8. The van der Waals surface area contributed by atoms with Crippen molar-refractivity contribution in [1.82, 2.24) is 20.5 Å². The fourth-order valence-electron chi connectivity index (χ4n) is 1.96. The highest BCUT2D eigenvalue weighted by atomic mass is 79.9. The van der Waals surface area contributed by atoms with Crippen molar-refractivity contribution in [3.63, 3.8) is 0 Å². The van der Waals surface area contributed by atoms with Crippen LogP contribution in [0.25, 0.3) is 0 Å². The van der Waals surface area contributed by atoms with Gasteiger partial charge in [-0.15, -0.1) is 0 Å². The number of hydrogen-bond acceptors (Lipinski definition) is 4. The number of ether oxygens (including phenoxy) is 1. The van der Waals surface area contributed by atoms with Crippen molar-refractivity contribution in [2.24, 2.45) is 0 Å². The van der Waals surface area contributed by atoms with Crippen LogP contribution in [0.15, 0.2) is 29.0 Å². The summed E-state index contributed by atoms with van der Waals surface area (Å²) in [7, 11) is 0. The minimum atomic E-state index is -0.479. The van der Waals surface area contributed by atoms with Gasteiger partial charge in [0.05, 0.1) is 6.54 Å². The number of nitrogens with zero attached hydrogens (tertiary/aromatic N) is 2. The van der Waals surface area contributed by atoms with Gasteiger partial charge >= 0.3 is 0 Å². The topological polar surface area (TPSA) is 79.9 Å². The van der Waals surface area contributed by atoms with E-state index in [1.165, 1.54) is 6.33 Å². The highest BCUT2D eigenvalue weighted by Gasteiger charge is 2.29. The Morgan fingerprint density at radius 1 is 1.58 bits per heavy atom. The Morgan fingerprint density at radius 2 is 2.47 bits per heavy atom. The first-order chi connectivity index (χ1) is 9.22. The molecular weight excluding hydrogens is 312 g/mol. The smallest absolute Gasteiger partial charge is 0.261 e. The van der Waals surface area contributed by atoms with Crippen LogP contribution in [0, 0.1) is 0 Å². The number of aromatic nitrogens is 3. The average molecular weight is 323 g/mol. The third-order valence-electron chi connectivity index (χ3n) is 2.88. The average Bonchev–Trinajstić information content (AvgIpc) is 3.04. The number of benzene rings is 1. The molecule has 0 aliphatic carbocycles. The van der Waals surface area contributed by atoms with E-state index >= 15 is 0 Å². The van der Waals surface area contributed by atoms with Crippen molar-refractivity contribution in [3.8, 4) is 5.75 Å². The summed E-state index contributed by atoms with van der Waals surface area (Å²) in [6.07, 6.45) is 1.50. The fourth-order valence-corrected chi connectivity index (χ4v) is 2.37. The van der Waals surface area contributed by atoms with Crippen molar-refractivity contribution in [3.05, 3.63) is 40.4 Å². The third-order valence-corrected chi connectivity index (χ3v) is 3.38. The molecule has 1 aromatic carbocycles. The van der Waals surface area contributed by atoms with Crippen LogP contribution in [0.1, 0.15) is 11.4 Å². The summed E-state index contributed by atoms with van der Waals surface area (Å²) in [5, 5.41) is 9.17. The van der Waals surface area contributed by atoms with Crippen LogP contribution in [-0.4, -0.2) is 27.2 Å².